The molecule has 3 aromatic rings. The molecule has 2 atom stereocenters. The van der Waals surface area contributed by atoms with Gasteiger partial charge in [-0.1, -0.05) is 29.3 Å². The molecular weight excluding hydrogens is 411 g/mol. The zero-order valence-corrected chi connectivity index (χ0v) is 17.3. The Morgan fingerprint density at radius 3 is 2.90 bits per heavy atom. The maximum absolute atomic E-state index is 13.1. The Hall–Kier alpha value is -2.41. The van der Waals surface area contributed by atoms with E-state index >= 15 is 0 Å². The van der Waals surface area contributed by atoms with Crippen LogP contribution in [0.4, 0.5) is 0 Å². The number of nitrogens with one attached hydrogen (secondary N) is 1. The van der Waals surface area contributed by atoms with E-state index in [0.717, 1.165) is 22.6 Å². The average molecular weight is 431 g/mol. The van der Waals surface area contributed by atoms with E-state index in [0.29, 0.717) is 23.0 Å². The fourth-order valence-electron chi connectivity index (χ4n) is 3.61. The minimum absolute atomic E-state index is 0.0295. The summed E-state index contributed by atoms with van der Waals surface area (Å²) in [5, 5.41) is 1.03. The van der Waals surface area contributed by atoms with Crippen LogP contribution in [0, 0.1) is 0 Å². The first-order valence-corrected chi connectivity index (χ1v) is 10.0. The Kier molecular flexibility index (Phi) is 5.85. The normalized spacial score (nSPS) is 18.9. The number of aromatic amines is 1. The lowest BCUT2D eigenvalue weighted by molar-refractivity contribution is -0.131. The molecule has 0 spiro atoms. The maximum atomic E-state index is 13.1. The highest BCUT2D eigenvalue weighted by Crippen LogP contribution is 2.34. The Morgan fingerprint density at radius 2 is 2.17 bits per heavy atom. The second-order valence-corrected chi connectivity index (χ2v) is 7.84. The van der Waals surface area contributed by atoms with Crippen LogP contribution in [0.1, 0.15) is 23.9 Å². The Morgan fingerprint density at radius 1 is 1.31 bits per heavy atom. The van der Waals surface area contributed by atoms with E-state index in [-0.39, 0.29) is 24.5 Å². The first kappa shape index (κ1) is 19.9. The molecule has 2 aromatic heterocycles. The topological polar surface area (TPSA) is 71.1 Å². The number of nitrogens with zero attached hydrogens (tertiary/aromatic N) is 3. The summed E-state index contributed by atoms with van der Waals surface area (Å²) >= 11 is 12.2. The summed E-state index contributed by atoms with van der Waals surface area (Å²) in [6, 6.07) is 8.82. The summed E-state index contributed by atoms with van der Waals surface area (Å²) in [6.07, 6.45) is 6.09. The van der Waals surface area contributed by atoms with Crippen molar-refractivity contribution in [1.82, 2.24) is 19.9 Å². The van der Waals surface area contributed by atoms with Crippen molar-refractivity contribution < 1.29 is 9.53 Å². The molecule has 29 heavy (non-hydrogen) atoms. The zero-order chi connectivity index (χ0) is 20.4. The van der Waals surface area contributed by atoms with Crippen LogP contribution in [0.15, 0.2) is 48.9 Å². The molecule has 1 amide bonds. The van der Waals surface area contributed by atoms with E-state index in [1.807, 2.05) is 17.0 Å². The van der Waals surface area contributed by atoms with E-state index in [1.165, 1.54) is 0 Å². The predicted octanol–water partition coefficient (Wildman–Crippen LogP) is 4.31. The number of carbonyl (C=O) groups excluding carboxylic acids is 1. The molecule has 1 aliphatic heterocycles. The Labute approximate surface area is 178 Å². The number of hydrogen-bond donors (Lipinski definition) is 1. The van der Waals surface area contributed by atoms with E-state index in [1.54, 1.807) is 43.9 Å². The summed E-state index contributed by atoms with van der Waals surface area (Å²) < 4.78 is 5.54. The van der Waals surface area contributed by atoms with Crippen LogP contribution in [0.2, 0.25) is 10.0 Å². The third-order valence-electron chi connectivity index (χ3n) is 5.16. The number of hydrogen-bond acceptors (Lipinski definition) is 4. The van der Waals surface area contributed by atoms with Gasteiger partial charge in [-0.15, -0.1) is 0 Å². The quantitative estimate of drug-likeness (QED) is 0.654. The van der Waals surface area contributed by atoms with Crippen LogP contribution in [0.25, 0.3) is 11.3 Å². The van der Waals surface area contributed by atoms with Crippen molar-refractivity contribution in [3.8, 4) is 11.3 Å². The van der Waals surface area contributed by atoms with Gasteiger partial charge in [0.25, 0.3) is 0 Å². The molecule has 3 heterocycles. The molecule has 4 rings (SSSR count). The van der Waals surface area contributed by atoms with Gasteiger partial charge in [0.1, 0.15) is 5.82 Å². The van der Waals surface area contributed by atoms with Gasteiger partial charge in [0.05, 0.1) is 30.5 Å². The van der Waals surface area contributed by atoms with Crippen molar-refractivity contribution in [3.05, 3.63) is 70.4 Å². The van der Waals surface area contributed by atoms with Gasteiger partial charge in [0.15, 0.2) is 0 Å². The predicted molar refractivity (Wildman–Crippen MR) is 112 cm³/mol. The van der Waals surface area contributed by atoms with Crippen molar-refractivity contribution in [2.75, 3.05) is 13.7 Å². The molecule has 0 aliphatic carbocycles. The number of carbonyl (C=O) groups is 1. The molecular formula is C21H20Cl2N4O2. The number of imidazole rings is 1. The highest BCUT2D eigenvalue weighted by molar-refractivity contribution is 6.35. The Bertz CT molecular complexity index is 1010. The molecule has 6 nitrogen and oxygen atoms in total. The van der Waals surface area contributed by atoms with Gasteiger partial charge in [-0.05, 0) is 29.8 Å². The van der Waals surface area contributed by atoms with E-state index in [4.69, 9.17) is 27.9 Å². The van der Waals surface area contributed by atoms with Crippen LogP contribution in [0.3, 0.4) is 0 Å². The highest BCUT2D eigenvalue weighted by Gasteiger charge is 2.38. The average Bonchev–Trinajstić information content (AvgIpc) is 3.37. The van der Waals surface area contributed by atoms with E-state index in [2.05, 4.69) is 15.0 Å². The minimum atomic E-state index is -0.191. The van der Waals surface area contributed by atoms with Gasteiger partial charge >= 0.3 is 0 Å². The number of methoxy groups -OCH3 is 1. The number of aromatic nitrogens is 3. The highest BCUT2D eigenvalue weighted by atomic mass is 35.5. The van der Waals surface area contributed by atoms with Crippen molar-refractivity contribution >= 4 is 29.1 Å². The second-order valence-electron chi connectivity index (χ2n) is 6.99. The van der Waals surface area contributed by atoms with Gasteiger partial charge in [0, 0.05) is 48.1 Å². The number of ether oxygens (including phenoxy) is 1. The number of halogens is 2. The van der Waals surface area contributed by atoms with E-state index in [9.17, 15) is 4.79 Å². The van der Waals surface area contributed by atoms with Gasteiger partial charge in [-0.25, -0.2) is 4.98 Å². The molecule has 0 unspecified atom stereocenters. The second kappa shape index (κ2) is 8.53. The van der Waals surface area contributed by atoms with Crippen molar-refractivity contribution in [3.63, 3.8) is 0 Å². The van der Waals surface area contributed by atoms with Crippen molar-refractivity contribution in [1.29, 1.82) is 0 Å². The summed E-state index contributed by atoms with van der Waals surface area (Å²) in [5.41, 5.74) is 2.55. The third kappa shape index (κ3) is 4.29. The molecule has 1 saturated heterocycles. The molecule has 0 radical (unpaired) electrons. The van der Waals surface area contributed by atoms with Crippen molar-refractivity contribution in [2.45, 2.75) is 25.0 Å². The fraction of sp³-hybridized carbons (Fsp3) is 0.286. The van der Waals surface area contributed by atoms with Crippen LogP contribution in [0.5, 0.6) is 0 Å². The van der Waals surface area contributed by atoms with Gasteiger partial charge in [-0.2, -0.15) is 0 Å². The molecule has 1 fully saturated rings. The molecule has 1 aliphatic rings. The molecule has 0 bridgehead atoms. The largest absolute Gasteiger partial charge is 0.380 e. The summed E-state index contributed by atoms with van der Waals surface area (Å²) in [6.45, 7) is 0.508. The van der Waals surface area contributed by atoms with E-state index < -0.39 is 0 Å². The Balaban J connectivity index is 1.57. The monoisotopic (exact) mass is 430 g/mol. The number of benzene rings is 1. The van der Waals surface area contributed by atoms with Gasteiger partial charge < -0.3 is 14.6 Å². The van der Waals surface area contributed by atoms with Crippen LogP contribution < -0.4 is 0 Å². The minimum Gasteiger partial charge on any atom is -0.380 e. The number of H-pyrrole nitrogens is 1. The maximum Gasteiger partial charge on any atom is 0.227 e. The molecule has 1 aromatic carbocycles. The molecule has 0 saturated carbocycles. The number of likely N-dealkylation sites (tertiary alicyclic amines) is 1. The smallest absolute Gasteiger partial charge is 0.227 e. The fourth-order valence-corrected chi connectivity index (χ4v) is 4.08. The first-order valence-electron chi connectivity index (χ1n) is 9.26. The zero-order valence-electron chi connectivity index (χ0n) is 15.8. The summed E-state index contributed by atoms with van der Waals surface area (Å²) in [7, 11) is 1.66. The summed E-state index contributed by atoms with van der Waals surface area (Å²) in [5.74, 6) is 0.706. The van der Waals surface area contributed by atoms with Gasteiger partial charge in [0.2, 0.25) is 5.91 Å². The molecule has 150 valence electrons. The standard InChI is InChI=1S/C21H20Cl2N4O2/c1-29-16-9-19(21-25-11-18(26-21)14-3-2-6-24-10-14)27(12-16)20(28)7-13-4-5-15(22)8-17(13)23/h2-6,8,10-11,16,19H,7,9,12H2,1H3,(H,25,26)/t16-,19-/m0/s1. The molecule has 1 N–H and O–H groups in total. The van der Waals surface area contributed by atoms with Crippen molar-refractivity contribution in [2.24, 2.45) is 0 Å². The lowest BCUT2D eigenvalue weighted by Gasteiger charge is -2.23. The summed E-state index contributed by atoms with van der Waals surface area (Å²) in [4.78, 5) is 26.9. The van der Waals surface area contributed by atoms with Crippen LogP contribution in [-0.2, 0) is 16.0 Å². The van der Waals surface area contributed by atoms with Crippen LogP contribution >= 0.6 is 23.2 Å². The van der Waals surface area contributed by atoms with Gasteiger partial charge in [-0.3, -0.25) is 9.78 Å². The lowest BCUT2D eigenvalue weighted by atomic mass is 10.1. The van der Waals surface area contributed by atoms with Crippen LogP contribution in [-0.4, -0.2) is 45.5 Å². The number of rotatable bonds is 5. The first-order chi connectivity index (χ1) is 14.0. The lowest BCUT2D eigenvalue weighted by Crippen LogP contribution is -2.33. The SMILES string of the molecule is CO[C@H]1C[C@@H](c2ncc(-c3cccnc3)[nH]2)N(C(=O)Cc2ccc(Cl)cc2Cl)C1. The molecule has 8 heteroatoms. The third-order valence-corrected chi connectivity index (χ3v) is 5.74. The number of amides is 1. The number of pyridine rings is 1.